The minimum atomic E-state index is -0.423. The van der Waals surface area contributed by atoms with Crippen molar-refractivity contribution in [3.05, 3.63) is 18.6 Å². The Bertz CT molecular complexity index is 276. The van der Waals surface area contributed by atoms with E-state index in [0.717, 1.165) is 0 Å². The van der Waals surface area contributed by atoms with Crippen molar-refractivity contribution in [2.75, 3.05) is 12.4 Å². The predicted octanol–water partition coefficient (Wildman–Crippen LogP) is 0.250. The molecule has 0 aliphatic carbocycles. The lowest BCUT2D eigenvalue weighted by molar-refractivity contribution is -0.141. The van der Waals surface area contributed by atoms with Crippen LogP contribution in [0.1, 0.15) is 6.92 Å². The average Bonchev–Trinajstić information content (AvgIpc) is 2.18. The molecule has 1 unspecified atom stereocenters. The Kier molecular flexibility index (Phi) is 3.19. The fraction of sp³-hybridized carbons (Fsp3) is 0.375. The second-order valence-electron chi connectivity index (χ2n) is 2.43. The molecule has 5 nitrogen and oxygen atoms in total. The maximum atomic E-state index is 11.0. The van der Waals surface area contributed by atoms with E-state index in [4.69, 9.17) is 0 Å². The molecule has 5 heteroatoms. The van der Waals surface area contributed by atoms with E-state index in [1.807, 2.05) is 0 Å². The van der Waals surface area contributed by atoms with Gasteiger partial charge in [-0.3, -0.25) is 0 Å². The second kappa shape index (κ2) is 4.39. The quantitative estimate of drug-likeness (QED) is 0.675. The summed E-state index contributed by atoms with van der Waals surface area (Å²) in [6.07, 6.45) is 3.95. The molecule has 0 aliphatic heterocycles. The van der Waals surface area contributed by atoms with Gasteiger partial charge in [0.2, 0.25) is 0 Å². The summed E-state index contributed by atoms with van der Waals surface area (Å²) in [6, 6.07) is 1.23. The Labute approximate surface area is 76.2 Å². The fourth-order valence-corrected chi connectivity index (χ4v) is 0.799. The van der Waals surface area contributed by atoms with E-state index < -0.39 is 6.04 Å². The molecule has 0 spiro atoms. The molecule has 1 rings (SSSR count). The molecule has 1 aromatic rings. The predicted molar refractivity (Wildman–Crippen MR) is 46.0 cm³/mol. The number of methoxy groups -OCH3 is 1. The van der Waals surface area contributed by atoms with Crippen molar-refractivity contribution >= 4 is 11.8 Å². The summed E-state index contributed by atoms with van der Waals surface area (Å²) >= 11 is 0. The van der Waals surface area contributed by atoms with Crippen LogP contribution in [0.2, 0.25) is 0 Å². The molecule has 0 bridgehead atoms. The van der Waals surface area contributed by atoms with Gasteiger partial charge < -0.3 is 10.1 Å². The van der Waals surface area contributed by atoms with Crippen molar-refractivity contribution in [1.29, 1.82) is 0 Å². The molecule has 1 N–H and O–H groups in total. The molecule has 69 valence electrons. The highest BCUT2D eigenvalue weighted by molar-refractivity contribution is 5.78. The standard InChI is InChI=1S/C8H10N3O2/c1-6(8(12)13-2)11-7-3-4-9-5-10-7/h3-4,6H,1-2H3,(H,9,10,11). The van der Waals surface area contributed by atoms with Gasteiger partial charge in [0.1, 0.15) is 11.9 Å². The summed E-state index contributed by atoms with van der Waals surface area (Å²) in [5.41, 5.74) is 0. The smallest absolute Gasteiger partial charge is 0.328 e. The number of carbonyl (C=O) groups excluding carboxylic acids is 1. The van der Waals surface area contributed by atoms with Gasteiger partial charge in [0, 0.05) is 6.20 Å². The van der Waals surface area contributed by atoms with Crippen molar-refractivity contribution in [2.45, 2.75) is 13.0 Å². The summed E-state index contributed by atoms with van der Waals surface area (Å²) in [5.74, 6) is 0.214. The summed E-state index contributed by atoms with van der Waals surface area (Å²) in [4.78, 5) is 18.4. The highest BCUT2D eigenvalue weighted by atomic mass is 16.5. The molecule has 0 aromatic carbocycles. The Morgan fingerprint density at radius 3 is 3.08 bits per heavy atom. The lowest BCUT2D eigenvalue weighted by Gasteiger charge is -2.10. The first kappa shape index (κ1) is 9.44. The largest absolute Gasteiger partial charge is 0.467 e. The molecule has 1 atom stereocenters. The zero-order valence-electron chi connectivity index (χ0n) is 7.44. The minimum Gasteiger partial charge on any atom is -0.467 e. The molecule has 1 heterocycles. The third-order valence-electron chi connectivity index (χ3n) is 1.45. The van der Waals surface area contributed by atoms with Gasteiger partial charge in [-0.05, 0) is 13.0 Å². The van der Waals surface area contributed by atoms with E-state index in [0.29, 0.717) is 5.82 Å². The summed E-state index contributed by atoms with van der Waals surface area (Å²) < 4.78 is 4.53. The van der Waals surface area contributed by atoms with Crippen LogP contribution in [0.4, 0.5) is 5.82 Å². The first-order valence-corrected chi connectivity index (χ1v) is 3.77. The molecule has 13 heavy (non-hydrogen) atoms. The van der Waals surface area contributed by atoms with E-state index in [1.165, 1.54) is 7.11 Å². The van der Waals surface area contributed by atoms with Crippen molar-refractivity contribution in [3.63, 3.8) is 0 Å². The number of anilines is 1. The van der Waals surface area contributed by atoms with Crippen LogP contribution in [0.3, 0.4) is 0 Å². The van der Waals surface area contributed by atoms with Gasteiger partial charge in [-0.2, -0.15) is 0 Å². The summed E-state index contributed by atoms with van der Waals surface area (Å²) in [6.45, 7) is 1.69. The van der Waals surface area contributed by atoms with Crippen LogP contribution in [0.25, 0.3) is 0 Å². The topological polar surface area (TPSA) is 64.1 Å². The third kappa shape index (κ3) is 2.70. The van der Waals surface area contributed by atoms with Crippen molar-refractivity contribution in [2.24, 2.45) is 0 Å². The molecular weight excluding hydrogens is 170 g/mol. The van der Waals surface area contributed by atoms with Crippen molar-refractivity contribution in [3.8, 4) is 0 Å². The van der Waals surface area contributed by atoms with Crippen LogP contribution in [0, 0.1) is 6.33 Å². The number of esters is 1. The number of carbonyl (C=O) groups is 1. The zero-order valence-corrected chi connectivity index (χ0v) is 7.44. The lowest BCUT2D eigenvalue weighted by Crippen LogP contribution is -2.27. The van der Waals surface area contributed by atoms with E-state index in [9.17, 15) is 4.79 Å². The highest BCUT2D eigenvalue weighted by Gasteiger charge is 2.12. The van der Waals surface area contributed by atoms with Gasteiger partial charge in [-0.25, -0.2) is 14.8 Å². The first-order valence-electron chi connectivity index (χ1n) is 3.77. The average molecular weight is 180 g/mol. The molecule has 0 amide bonds. The number of hydrogen-bond acceptors (Lipinski definition) is 5. The van der Waals surface area contributed by atoms with Crippen LogP contribution in [0.15, 0.2) is 12.3 Å². The van der Waals surface area contributed by atoms with E-state index in [2.05, 4.69) is 26.3 Å². The van der Waals surface area contributed by atoms with Gasteiger partial charge in [-0.1, -0.05) is 0 Å². The van der Waals surface area contributed by atoms with Crippen LogP contribution >= 0.6 is 0 Å². The van der Waals surface area contributed by atoms with Gasteiger partial charge in [0.15, 0.2) is 6.33 Å². The second-order valence-corrected chi connectivity index (χ2v) is 2.43. The molecule has 0 fully saturated rings. The Hall–Kier alpha value is -1.65. The van der Waals surface area contributed by atoms with Crippen molar-refractivity contribution in [1.82, 2.24) is 9.97 Å². The number of rotatable bonds is 3. The van der Waals surface area contributed by atoms with E-state index >= 15 is 0 Å². The monoisotopic (exact) mass is 180 g/mol. The normalized spacial score (nSPS) is 11.8. The van der Waals surface area contributed by atoms with E-state index in [-0.39, 0.29) is 5.97 Å². The summed E-state index contributed by atoms with van der Waals surface area (Å²) in [5, 5.41) is 2.84. The molecule has 1 aromatic heterocycles. The first-order chi connectivity index (χ1) is 6.24. The Morgan fingerprint density at radius 1 is 1.77 bits per heavy atom. The molecule has 1 radical (unpaired) electrons. The maximum absolute atomic E-state index is 11.0. The molecular formula is C8H10N3O2. The molecule has 0 saturated carbocycles. The highest BCUT2D eigenvalue weighted by Crippen LogP contribution is 2.01. The number of ether oxygens (including phenoxy) is 1. The molecule has 0 saturated heterocycles. The Balaban J connectivity index is 2.55. The van der Waals surface area contributed by atoms with Crippen LogP contribution in [-0.2, 0) is 9.53 Å². The van der Waals surface area contributed by atoms with Gasteiger partial charge >= 0.3 is 5.97 Å². The Morgan fingerprint density at radius 2 is 2.54 bits per heavy atom. The maximum Gasteiger partial charge on any atom is 0.328 e. The number of aromatic nitrogens is 2. The lowest BCUT2D eigenvalue weighted by atomic mass is 10.3. The summed E-state index contributed by atoms with van der Waals surface area (Å²) in [7, 11) is 1.34. The number of hydrogen-bond donors (Lipinski definition) is 1. The minimum absolute atomic E-state index is 0.335. The van der Waals surface area contributed by atoms with Crippen LogP contribution in [-0.4, -0.2) is 29.1 Å². The SMILES string of the molecule is COC(=O)C(C)Nc1ccn[c]n1. The van der Waals surface area contributed by atoms with E-state index in [1.54, 1.807) is 19.2 Å². The third-order valence-corrected chi connectivity index (χ3v) is 1.45. The fourth-order valence-electron chi connectivity index (χ4n) is 0.799. The number of nitrogens with one attached hydrogen (secondary N) is 1. The van der Waals surface area contributed by atoms with Gasteiger partial charge in [-0.15, -0.1) is 0 Å². The van der Waals surface area contributed by atoms with Gasteiger partial charge in [0.25, 0.3) is 0 Å². The molecule has 0 aliphatic rings. The van der Waals surface area contributed by atoms with Gasteiger partial charge in [0.05, 0.1) is 7.11 Å². The zero-order chi connectivity index (χ0) is 9.68. The number of nitrogens with zero attached hydrogens (tertiary/aromatic N) is 2. The van der Waals surface area contributed by atoms with Crippen LogP contribution in [0.5, 0.6) is 0 Å². The van der Waals surface area contributed by atoms with Crippen LogP contribution < -0.4 is 5.32 Å². The van der Waals surface area contributed by atoms with Crippen molar-refractivity contribution < 1.29 is 9.53 Å².